The summed E-state index contributed by atoms with van der Waals surface area (Å²) >= 11 is 1.51. The number of benzene rings is 2. The molecule has 150 valence electrons. The fraction of sp³-hybridized carbons (Fsp3) is 0.0870. The van der Waals surface area contributed by atoms with Crippen LogP contribution in [-0.4, -0.2) is 35.1 Å². The molecule has 6 nitrogen and oxygen atoms in total. The number of ketones is 1. The lowest BCUT2D eigenvalue weighted by molar-refractivity contribution is 0.0904. The first-order chi connectivity index (χ1) is 14.7. The molecule has 0 fully saturated rings. The largest absolute Gasteiger partial charge is 0.497 e. The number of para-hydroxylation sites is 1. The van der Waals surface area contributed by atoms with Gasteiger partial charge in [-0.05, 0) is 47.8 Å². The van der Waals surface area contributed by atoms with Crippen molar-refractivity contribution < 1.29 is 14.3 Å². The SMILES string of the molecule is COc1ccc(C(=O)CNC(=O)c2cn(-c3ccccc3)nc2-c2cccs2)cc1. The lowest BCUT2D eigenvalue weighted by atomic mass is 10.1. The topological polar surface area (TPSA) is 73.2 Å². The zero-order chi connectivity index (χ0) is 20.9. The fourth-order valence-electron chi connectivity index (χ4n) is 2.98. The van der Waals surface area contributed by atoms with Crippen LogP contribution in [0, 0.1) is 0 Å². The van der Waals surface area contributed by atoms with E-state index in [0.29, 0.717) is 22.6 Å². The molecule has 2 aromatic heterocycles. The summed E-state index contributed by atoms with van der Waals surface area (Å²) in [7, 11) is 1.57. The van der Waals surface area contributed by atoms with E-state index in [1.165, 1.54) is 11.3 Å². The molecule has 2 aromatic carbocycles. The Morgan fingerprint density at radius 1 is 1.03 bits per heavy atom. The molecule has 0 aliphatic carbocycles. The lowest BCUT2D eigenvalue weighted by Gasteiger charge is -2.05. The zero-order valence-electron chi connectivity index (χ0n) is 16.2. The van der Waals surface area contributed by atoms with Crippen molar-refractivity contribution in [2.75, 3.05) is 13.7 Å². The molecular formula is C23H19N3O3S. The predicted molar refractivity (Wildman–Crippen MR) is 117 cm³/mol. The van der Waals surface area contributed by atoms with E-state index in [4.69, 9.17) is 4.74 Å². The van der Waals surface area contributed by atoms with Crippen molar-refractivity contribution in [1.29, 1.82) is 0 Å². The van der Waals surface area contributed by atoms with Crippen LogP contribution in [0.4, 0.5) is 0 Å². The van der Waals surface area contributed by atoms with Crippen LogP contribution in [0.15, 0.2) is 78.3 Å². The van der Waals surface area contributed by atoms with Gasteiger partial charge in [0.05, 0.1) is 29.8 Å². The highest BCUT2D eigenvalue weighted by Gasteiger charge is 2.20. The molecular weight excluding hydrogens is 398 g/mol. The molecule has 30 heavy (non-hydrogen) atoms. The predicted octanol–water partition coefficient (Wildman–Crippen LogP) is 4.22. The van der Waals surface area contributed by atoms with Crippen molar-refractivity contribution in [2.24, 2.45) is 0 Å². The van der Waals surface area contributed by atoms with Gasteiger partial charge in [-0.3, -0.25) is 9.59 Å². The molecule has 1 N–H and O–H groups in total. The number of amides is 1. The monoisotopic (exact) mass is 417 g/mol. The molecule has 0 saturated carbocycles. The maximum Gasteiger partial charge on any atom is 0.255 e. The zero-order valence-corrected chi connectivity index (χ0v) is 17.1. The number of nitrogens with zero attached hydrogens (tertiary/aromatic N) is 2. The number of thiophene rings is 1. The van der Waals surface area contributed by atoms with Crippen LogP contribution in [-0.2, 0) is 0 Å². The third-order valence-corrected chi connectivity index (χ3v) is 5.43. The average molecular weight is 417 g/mol. The van der Waals surface area contributed by atoms with Crippen LogP contribution >= 0.6 is 11.3 Å². The fourth-order valence-corrected chi connectivity index (χ4v) is 3.71. The number of nitrogens with one attached hydrogen (secondary N) is 1. The molecule has 0 aliphatic heterocycles. The van der Waals surface area contributed by atoms with Crippen molar-refractivity contribution in [2.45, 2.75) is 0 Å². The number of Topliss-reactive ketones (excluding diaryl/α,β-unsaturated/α-hetero) is 1. The lowest BCUT2D eigenvalue weighted by Crippen LogP contribution is -2.29. The van der Waals surface area contributed by atoms with Gasteiger partial charge >= 0.3 is 0 Å². The van der Waals surface area contributed by atoms with Gasteiger partial charge in [-0.2, -0.15) is 5.10 Å². The van der Waals surface area contributed by atoms with Gasteiger partial charge in [0.15, 0.2) is 5.78 Å². The van der Waals surface area contributed by atoms with Gasteiger partial charge < -0.3 is 10.1 Å². The van der Waals surface area contributed by atoms with Crippen LogP contribution in [0.5, 0.6) is 5.75 Å². The first-order valence-corrected chi connectivity index (χ1v) is 10.2. The van der Waals surface area contributed by atoms with Gasteiger partial charge in [-0.15, -0.1) is 11.3 Å². The quantitative estimate of drug-likeness (QED) is 0.457. The van der Waals surface area contributed by atoms with Gasteiger partial charge in [0.25, 0.3) is 5.91 Å². The summed E-state index contributed by atoms with van der Waals surface area (Å²) in [5.74, 6) is 0.145. The summed E-state index contributed by atoms with van der Waals surface area (Å²) in [6.07, 6.45) is 1.69. The Labute approximate surface area is 177 Å². The first-order valence-electron chi connectivity index (χ1n) is 9.30. The van der Waals surface area contributed by atoms with Gasteiger partial charge in [-0.25, -0.2) is 4.68 Å². The standard InChI is InChI=1S/C23H19N3O3S/c1-29-18-11-9-16(10-12-18)20(27)14-24-23(28)19-15-26(17-6-3-2-4-7-17)25-22(19)21-8-5-13-30-21/h2-13,15H,14H2,1H3,(H,24,28). The summed E-state index contributed by atoms with van der Waals surface area (Å²) in [6.45, 7) is -0.106. The van der Waals surface area contributed by atoms with Crippen LogP contribution in [0.2, 0.25) is 0 Å². The molecule has 7 heteroatoms. The highest BCUT2D eigenvalue weighted by molar-refractivity contribution is 7.13. The number of rotatable bonds is 7. The normalized spacial score (nSPS) is 10.6. The van der Waals surface area contributed by atoms with E-state index < -0.39 is 0 Å². The summed E-state index contributed by atoms with van der Waals surface area (Å²) in [4.78, 5) is 26.2. The molecule has 4 rings (SSSR count). The molecule has 1 amide bonds. The molecule has 0 saturated heterocycles. The van der Waals surface area contributed by atoms with Crippen LogP contribution in [0.25, 0.3) is 16.3 Å². The summed E-state index contributed by atoms with van der Waals surface area (Å²) in [5, 5.41) is 9.28. The van der Waals surface area contributed by atoms with Crippen LogP contribution in [0.1, 0.15) is 20.7 Å². The third-order valence-electron chi connectivity index (χ3n) is 4.56. The molecule has 2 heterocycles. The number of aromatic nitrogens is 2. The van der Waals surface area contributed by atoms with Gasteiger partial charge in [0.1, 0.15) is 11.4 Å². The second-order valence-corrected chi connectivity index (χ2v) is 7.43. The van der Waals surface area contributed by atoms with Gasteiger partial charge in [0, 0.05) is 11.8 Å². The highest BCUT2D eigenvalue weighted by Crippen LogP contribution is 2.27. The number of methoxy groups -OCH3 is 1. The van der Waals surface area contributed by atoms with E-state index in [9.17, 15) is 9.59 Å². The number of carbonyl (C=O) groups is 2. The van der Waals surface area contributed by atoms with E-state index in [2.05, 4.69) is 10.4 Å². The number of hydrogen-bond donors (Lipinski definition) is 1. The number of carbonyl (C=O) groups excluding carboxylic acids is 2. The molecule has 0 atom stereocenters. The Bertz CT molecular complexity index is 1150. The summed E-state index contributed by atoms with van der Waals surface area (Å²) in [6, 6.07) is 20.2. The number of hydrogen-bond acceptors (Lipinski definition) is 5. The van der Waals surface area contributed by atoms with Crippen molar-refractivity contribution >= 4 is 23.0 Å². The average Bonchev–Trinajstić information content (AvgIpc) is 3.48. The van der Waals surface area contributed by atoms with E-state index >= 15 is 0 Å². The van der Waals surface area contributed by atoms with Crippen LogP contribution < -0.4 is 10.1 Å². The Morgan fingerprint density at radius 2 is 1.80 bits per heavy atom. The molecule has 0 spiro atoms. The molecule has 0 bridgehead atoms. The van der Waals surface area contributed by atoms with E-state index in [1.54, 1.807) is 42.3 Å². The summed E-state index contributed by atoms with van der Waals surface area (Å²) < 4.78 is 6.78. The Morgan fingerprint density at radius 3 is 2.47 bits per heavy atom. The van der Waals surface area contributed by atoms with Crippen LogP contribution in [0.3, 0.4) is 0 Å². The molecule has 0 radical (unpaired) electrons. The van der Waals surface area contributed by atoms with Crippen molar-refractivity contribution in [3.63, 3.8) is 0 Å². The highest BCUT2D eigenvalue weighted by atomic mass is 32.1. The Kier molecular flexibility index (Phi) is 5.72. The minimum absolute atomic E-state index is 0.106. The van der Waals surface area contributed by atoms with Crippen molar-refractivity contribution in [3.8, 4) is 22.0 Å². The van der Waals surface area contributed by atoms with Crippen molar-refractivity contribution in [1.82, 2.24) is 15.1 Å². The second kappa shape index (κ2) is 8.75. The minimum atomic E-state index is -0.345. The van der Waals surface area contributed by atoms with Gasteiger partial charge in [-0.1, -0.05) is 24.3 Å². The van der Waals surface area contributed by atoms with Crippen molar-refractivity contribution in [3.05, 3.63) is 89.4 Å². The Balaban J connectivity index is 1.55. The summed E-state index contributed by atoms with van der Waals surface area (Å²) in [5.41, 5.74) is 2.37. The van der Waals surface area contributed by atoms with E-state index in [-0.39, 0.29) is 18.2 Å². The first kappa shape index (κ1) is 19.6. The minimum Gasteiger partial charge on any atom is -0.497 e. The molecule has 4 aromatic rings. The third kappa shape index (κ3) is 4.16. The maximum absolute atomic E-state index is 12.9. The van der Waals surface area contributed by atoms with E-state index in [1.807, 2.05) is 47.8 Å². The second-order valence-electron chi connectivity index (χ2n) is 6.48. The van der Waals surface area contributed by atoms with E-state index in [0.717, 1.165) is 10.6 Å². The van der Waals surface area contributed by atoms with Gasteiger partial charge in [0.2, 0.25) is 0 Å². The Hall–Kier alpha value is -3.71. The molecule has 0 aliphatic rings. The maximum atomic E-state index is 12.9. The molecule has 0 unspecified atom stereocenters. The smallest absolute Gasteiger partial charge is 0.255 e. The number of ether oxygens (including phenoxy) is 1.